The van der Waals surface area contributed by atoms with E-state index in [4.69, 9.17) is 9.47 Å². The topological polar surface area (TPSA) is 23.4 Å². The second-order valence-corrected chi connectivity index (χ2v) is 8.27. The molecule has 1 aromatic heterocycles. The number of hydrogen-bond donors (Lipinski definition) is 0. The van der Waals surface area contributed by atoms with Crippen molar-refractivity contribution in [1.29, 1.82) is 0 Å². The molecule has 164 valence electrons. The van der Waals surface area contributed by atoms with Crippen LogP contribution >= 0.6 is 0 Å². The van der Waals surface area contributed by atoms with Crippen molar-refractivity contribution in [3.63, 3.8) is 0 Å². The molecule has 0 atom stereocenters. The molecule has 0 saturated heterocycles. The summed E-state index contributed by atoms with van der Waals surface area (Å²) in [5, 5.41) is 2.43. The molecule has 0 amide bonds. The van der Waals surface area contributed by atoms with Gasteiger partial charge in [0.2, 0.25) is 0 Å². The molecule has 6 aromatic rings. The lowest BCUT2D eigenvalue weighted by molar-refractivity contribution is 0.453. The molecule has 0 saturated carbocycles. The quantitative estimate of drug-likeness (QED) is 0.267. The molecule has 0 aliphatic rings. The molecule has 0 aliphatic heterocycles. The Morgan fingerprint density at radius 3 is 1.38 bits per heavy atom. The van der Waals surface area contributed by atoms with E-state index in [1.54, 1.807) is 0 Å². The van der Waals surface area contributed by atoms with Crippen molar-refractivity contribution in [1.82, 2.24) is 4.57 Å². The van der Waals surface area contributed by atoms with E-state index >= 15 is 0 Å². The van der Waals surface area contributed by atoms with Gasteiger partial charge in [-0.2, -0.15) is 0 Å². The molecule has 5 aromatic carbocycles. The summed E-state index contributed by atoms with van der Waals surface area (Å²) in [7, 11) is 0. The van der Waals surface area contributed by atoms with Gasteiger partial charge >= 0.3 is 0 Å². The lowest BCUT2D eigenvalue weighted by Gasteiger charge is -2.17. The lowest BCUT2D eigenvalue weighted by Crippen LogP contribution is -1.99. The van der Waals surface area contributed by atoms with Crippen LogP contribution in [0.5, 0.6) is 23.0 Å². The number of ether oxygens (including phenoxy) is 2. The number of rotatable bonds is 5. The monoisotopic (exact) mass is 441 g/mol. The number of para-hydroxylation sites is 4. The van der Waals surface area contributed by atoms with Crippen LogP contribution in [0, 0.1) is 6.92 Å². The van der Waals surface area contributed by atoms with Gasteiger partial charge in [0, 0.05) is 28.5 Å². The third-order valence-electron chi connectivity index (χ3n) is 6.08. The van der Waals surface area contributed by atoms with Crippen LogP contribution in [-0.2, 0) is 0 Å². The van der Waals surface area contributed by atoms with E-state index in [9.17, 15) is 0 Å². The molecule has 3 nitrogen and oxygen atoms in total. The maximum Gasteiger partial charge on any atom is 0.136 e. The van der Waals surface area contributed by atoms with E-state index in [-0.39, 0.29) is 0 Å². The average Bonchev–Trinajstić information content (AvgIpc) is 3.22. The van der Waals surface area contributed by atoms with Crippen LogP contribution in [0.4, 0.5) is 0 Å². The van der Waals surface area contributed by atoms with Gasteiger partial charge in [-0.25, -0.2) is 0 Å². The molecule has 6 rings (SSSR count). The highest BCUT2D eigenvalue weighted by molar-refractivity contribution is 6.09. The minimum Gasteiger partial charge on any atom is -0.457 e. The Labute approximate surface area is 198 Å². The summed E-state index contributed by atoms with van der Waals surface area (Å²) < 4.78 is 15.0. The minimum absolute atomic E-state index is 0.761. The molecule has 1 heterocycles. The van der Waals surface area contributed by atoms with E-state index < -0.39 is 0 Å². The van der Waals surface area contributed by atoms with Crippen LogP contribution in [0.15, 0.2) is 121 Å². The maximum absolute atomic E-state index is 6.36. The zero-order chi connectivity index (χ0) is 22.9. The number of nitrogens with zero attached hydrogens (tertiary/aromatic N) is 1. The van der Waals surface area contributed by atoms with Gasteiger partial charge in [-0.05, 0) is 43.3 Å². The first-order valence-corrected chi connectivity index (χ1v) is 11.4. The molecule has 0 fully saturated rings. The smallest absolute Gasteiger partial charge is 0.136 e. The fraction of sp³-hybridized carbons (Fsp3) is 0.0323. The van der Waals surface area contributed by atoms with Crippen molar-refractivity contribution in [3.05, 3.63) is 127 Å². The zero-order valence-electron chi connectivity index (χ0n) is 18.8. The van der Waals surface area contributed by atoms with Crippen LogP contribution < -0.4 is 9.47 Å². The summed E-state index contributed by atoms with van der Waals surface area (Å²) in [6.45, 7) is 2.03. The SMILES string of the molecule is Cc1c(Oc2ccccc2)cc(-n2c3ccccc3c3ccccc32)cc1Oc1ccccc1. The van der Waals surface area contributed by atoms with Gasteiger partial charge in [-0.15, -0.1) is 0 Å². The highest BCUT2D eigenvalue weighted by Gasteiger charge is 2.17. The molecule has 0 aliphatic carbocycles. The molecule has 0 unspecified atom stereocenters. The molecular weight excluding hydrogens is 418 g/mol. The third-order valence-corrected chi connectivity index (χ3v) is 6.08. The lowest BCUT2D eigenvalue weighted by atomic mass is 10.1. The second-order valence-electron chi connectivity index (χ2n) is 8.27. The Morgan fingerprint density at radius 2 is 0.912 bits per heavy atom. The van der Waals surface area contributed by atoms with E-state index in [2.05, 4.69) is 65.2 Å². The summed E-state index contributed by atoms with van der Waals surface area (Å²) in [4.78, 5) is 0. The van der Waals surface area contributed by atoms with Crippen molar-refractivity contribution in [3.8, 4) is 28.7 Å². The van der Waals surface area contributed by atoms with Gasteiger partial charge < -0.3 is 14.0 Å². The van der Waals surface area contributed by atoms with Gasteiger partial charge in [0.05, 0.1) is 16.7 Å². The Balaban J connectivity index is 1.59. The first-order valence-electron chi connectivity index (χ1n) is 11.4. The van der Waals surface area contributed by atoms with Gasteiger partial charge in [0.1, 0.15) is 23.0 Å². The molecule has 0 bridgehead atoms. The minimum atomic E-state index is 0.761. The Bertz CT molecular complexity index is 1490. The van der Waals surface area contributed by atoms with Crippen molar-refractivity contribution >= 4 is 21.8 Å². The summed E-state index contributed by atoms with van der Waals surface area (Å²) >= 11 is 0. The Hall–Kier alpha value is -4.50. The largest absolute Gasteiger partial charge is 0.457 e. The predicted molar refractivity (Wildman–Crippen MR) is 139 cm³/mol. The van der Waals surface area contributed by atoms with Crippen LogP contribution in [-0.4, -0.2) is 4.57 Å². The molecular formula is C31H23NO2. The van der Waals surface area contributed by atoms with Gasteiger partial charge in [0.25, 0.3) is 0 Å². The highest BCUT2D eigenvalue weighted by Crippen LogP contribution is 2.39. The molecule has 0 radical (unpaired) electrons. The van der Waals surface area contributed by atoms with Crippen LogP contribution in [0.3, 0.4) is 0 Å². The van der Waals surface area contributed by atoms with E-state index in [1.807, 2.05) is 67.6 Å². The fourth-order valence-corrected chi connectivity index (χ4v) is 4.42. The van der Waals surface area contributed by atoms with Gasteiger partial charge in [0.15, 0.2) is 0 Å². The maximum atomic E-state index is 6.36. The number of aromatic nitrogens is 1. The van der Waals surface area contributed by atoms with Crippen LogP contribution in [0.1, 0.15) is 5.56 Å². The summed E-state index contributed by atoms with van der Waals surface area (Å²) in [6, 6.07) is 40.9. The number of fused-ring (bicyclic) bond motifs is 3. The zero-order valence-corrected chi connectivity index (χ0v) is 18.8. The van der Waals surface area contributed by atoms with Crippen molar-refractivity contribution < 1.29 is 9.47 Å². The molecule has 0 spiro atoms. The van der Waals surface area contributed by atoms with Crippen molar-refractivity contribution in [2.24, 2.45) is 0 Å². The first-order chi connectivity index (χ1) is 16.8. The summed E-state index contributed by atoms with van der Waals surface area (Å²) in [5.74, 6) is 3.10. The highest BCUT2D eigenvalue weighted by atomic mass is 16.5. The molecule has 34 heavy (non-hydrogen) atoms. The first kappa shape index (κ1) is 20.1. The number of hydrogen-bond acceptors (Lipinski definition) is 2. The number of benzene rings is 5. The van der Waals surface area contributed by atoms with Gasteiger partial charge in [-0.1, -0.05) is 72.8 Å². The third kappa shape index (κ3) is 3.57. The Kier molecular flexibility index (Phi) is 5.00. The normalized spacial score (nSPS) is 11.1. The predicted octanol–water partition coefficient (Wildman–Crippen LogP) is 8.68. The van der Waals surface area contributed by atoms with E-state index in [0.717, 1.165) is 45.3 Å². The van der Waals surface area contributed by atoms with E-state index in [1.165, 1.54) is 10.8 Å². The Morgan fingerprint density at radius 1 is 0.500 bits per heavy atom. The molecule has 0 N–H and O–H groups in total. The van der Waals surface area contributed by atoms with Crippen LogP contribution in [0.2, 0.25) is 0 Å². The summed E-state index contributed by atoms with van der Waals surface area (Å²) in [6.07, 6.45) is 0. The van der Waals surface area contributed by atoms with Crippen molar-refractivity contribution in [2.75, 3.05) is 0 Å². The fourth-order valence-electron chi connectivity index (χ4n) is 4.42. The second kappa shape index (κ2) is 8.45. The average molecular weight is 442 g/mol. The van der Waals surface area contributed by atoms with Crippen molar-refractivity contribution in [2.45, 2.75) is 6.92 Å². The van der Waals surface area contributed by atoms with E-state index in [0.29, 0.717) is 0 Å². The molecule has 3 heteroatoms. The van der Waals surface area contributed by atoms with Crippen LogP contribution in [0.25, 0.3) is 27.5 Å². The summed E-state index contributed by atoms with van der Waals surface area (Å²) in [5.41, 5.74) is 4.21. The van der Waals surface area contributed by atoms with Gasteiger partial charge in [-0.3, -0.25) is 0 Å². The standard InChI is InChI=1S/C31H23NO2/c1-22-30(33-24-12-4-2-5-13-24)20-23(21-31(22)34-25-14-6-3-7-15-25)32-28-18-10-8-16-26(28)27-17-9-11-19-29(27)32/h2-21H,1H3.